The first-order valence-corrected chi connectivity index (χ1v) is 2.61. The highest BCUT2D eigenvalue weighted by atomic mass is 19.3. The van der Waals surface area contributed by atoms with Crippen molar-refractivity contribution in [2.45, 2.75) is 6.43 Å². The summed E-state index contributed by atoms with van der Waals surface area (Å²) in [4.78, 5) is 2.96. The third kappa shape index (κ3) is 1.46. The van der Waals surface area contributed by atoms with Crippen LogP contribution < -0.4 is 0 Å². The van der Waals surface area contributed by atoms with Crippen molar-refractivity contribution in [3.05, 3.63) is 29.8 Å². The maximum absolute atomic E-state index is 12.1. The number of aromatic nitrogens is 1. The Hall–Kier alpha value is -1.06. The Labute approximate surface area is 55.5 Å². The second kappa shape index (κ2) is 2.68. The summed E-state index contributed by atoms with van der Waals surface area (Å²) in [7, 11) is 0. The van der Waals surface area contributed by atoms with Gasteiger partial charge in [-0.2, -0.15) is 4.39 Å². The molecule has 1 aromatic heterocycles. The van der Waals surface area contributed by atoms with Crippen molar-refractivity contribution in [1.29, 1.82) is 0 Å². The molecule has 0 aliphatic rings. The summed E-state index contributed by atoms with van der Waals surface area (Å²) in [6.07, 6.45) is -2.70. The second-order valence-electron chi connectivity index (χ2n) is 1.69. The molecule has 0 atom stereocenters. The van der Waals surface area contributed by atoms with Crippen LogP contribution in [0.25, 0.3) is 0 Å². The fraction of sp³-hybridized carbons (Fsp3) is 0.167. The molecule has 0 amide bonds. The van der Waals surface area contributed by atoms with Crippen LogP contribution in [0.2, 0.25) is 0 Å². The summed E-state index contributed by atoms with van der Waals surface area (Å²) in [5, 5.41) is 0. The van der Waals surface area contributed by atoms with Gasteiger partial charge >= 0.3 is 0 Å². The number of nitrogens with zero attached hydrogens (tertiary/aromatic N) is 1. The lowest BCUT2D eigenvalue weighted by Gasteiger charge is -1.95. The zero-order valence-corrected chi connectivity index (χ0v) is 4.89. The summed E-state index contributed by atoms with van der Waals surface area (Å²) in [5.74, 6) is -0.877. The summed E-state index contributed by atoms with van der Waals surface area (Å²) in [6, 6.07) is 3.30. The molecule has 4 heteroatoms. The van der Waals surface area contributed by atoms with Gasteiger partial charge in [-0.25, -0.2) is 13.8 Å². The monoisotopic (exact) mass is 147 g/mol. The van der Waals surface area contributed by atoms with Gasteiger partial charge in [0.25, 0.3) is 6.43 Å². The van der Waals surface area contributed by atoms with E-state index in [0.717, 1.165) is 12.1 Å². The Morgan fingerprint density at radius 1 is 1.30 bits per heavy atom. The van der Waals surface area contributed by atoms with E-state index in [2.05, 4.69) is 4.98 Å². The predicted octanol–water partition coefficient (Wildman–Crippen LogP) is 2.16. The molecule has 1 nitrogen and oxygen atoms in total. The van der Waals surface area contributed by atoms with Gasteiger partial charge in [0.05, 0.1) is 0 Å². The van der Waals surface area contributed by atoms with Crippen molar-refractivity contribution in [2.75, 3.05) is 0 Å². The third-order valence-corrected chi connectivity index (χ3v) is 0.960. The van der Waals surface area contributed by atoms with Gasteiger partial charge < -0.3 is 0 Å². The second-order valence-corrected chi connectivity index (χ2v) is 1.69. The van der Waals surface area contributed by atoms with Crippen molar-refractivity contribution >= 4 is 0 Å². The van der Waals surface area contributed by atoms with E-state index in [0.29, 0.717) is 0 Å². The molecule has 0 unspecified atom stereocenters. The van der Waals surface area contributed by atoms with Crippen LogP contribution in [-0.2, 0) is 0 Å². The highest BCUT2D eigenvalue weighted by Gasteiger charge is 2.07. The largest absolute Gasteiger partial charge is 0.280 e. The first-order chi connectivity index (χ1) is 4.70. The number of hydrogen-bond donors (Lipinski definition) is 0. The van der Waals surface area contributed by atoms with E-state index in [-0.39, 0.29) is 0 Å². The summed E-state index contributed by atoms with van der Waals surface area (Å²) in [6.45, 7) is 0. The number of pyridine rings is 1. The lowest BCUT2D eigenvalue weighted by atomic mass is 10.4. The minimum atomic E-state index is -2.70. The van der Waals surface area contributed by atoms with Gasteiger partial charge in [-0.3, -0.25) is 0 Å². The van der Waals surface area contributed by atoms with E-state index < -0.39 is 18.1 Å². The van der Waals surface area contributed by atoms with Crippen LogP contribution in [0.4, 0.5) is 13.2 Å². The first kappa shape index (κ1) is 7.05. The minimum Gasteiger partial charge on any atom is -0.219 e. The van der Waals surface area contributed by atoms with Gasteiger partial charge in [-0.1, -0.05) is 6.07 Å². The number of halogens is 3. The van der Waals surface area contributed by atoms with Gasteiger partial charge in [0.15, 0.2) is 0 Å². The van der Waals surface area contributed by atoms with E-state index in [1.165, 1.54) is 6.07 Å². The Morgan fingerprint density at radius 3 is 2.40 bits per heavy atom. The molecule has 10 heavy (non-hydrogen) atoms. The van der Waals surface area contributed by atoms with Gasteiger partial charge in [0.1, 0.15) is 5.69 Å². The van der Waals surface area contributed by atoms with Crippen molar-refractivity contribution in [1.82, 2.24) is 4.98 Å². The summed E-state index contributed by atoms with van der Waals surface area (Å²) in [5.41, 5.74) is -0.528. The van der Waals surface area contributed by atoms with Crippen LogP contribution in [0.5, 0.6) is 0 Å². The molecule has 1 aromatic rings. The van der Waals surface area contributed by atoms with Gasteiger partial charge in [0, 0.05) is 0 Å². The SMILES string of the molecule is Fc1cccc(C(F)F)n1. The number of rotatable bonds is 1. The molecule has 0 aromatic carbocycles. The average Bonchev–Trinajstić information content (AvgIpc) is 1.88. The number of hydrogen-bond acceptors (Lipinski definition) is 1. The molecular formula is C6H4F3N. The quantitative estimate of drug-likeness (QED) is 0.554. The standard InChI is InChI=1S/C6H4F3N/c7-5-3-1-2-4(10-5)6(8)9/h1-3,6H. The lowest BCUT2D eigenvalue weighted by molar-refractivity contribution is 0.145. The highest BCUT2D eigenvalue weighted by molar-refractivity contribution is 5.05. The maximum atomic E-state index is 12.1. The molecule has 0 spiro atoms. The smallest absolute Gasteiger partial charge is 0.219 e. The molecule has 0 radical (unpaired) electrons. The molecule has 0 aliphatic heterocycles. The van der Waals surface area contributed by atoms with E-state index in [4.69, 9.17) is 0 Å². The first-order valence-electron chi connectivity index (χ1n) is 2.61. The zero-order valence-electron chi connectivity index (χ0n) is 4.89. The van der Waals surface area contributed by atoms with E-state index in [1.54, 1.807) is 0 Å². The Morgan fingerprint density at radius 2 is 2.00 bits per heavy atom. The lowest BCUT2D eigenvalue weighted by Crippen LogP contribution is -1.91. The van der Waals surface area contributed by atoms with Crippen molar-refractivity contribution in [3.63, 3.8) is 0 Å². The zero-order chi connectivity index (χ0) is 7.56. The third-order valence-electron chi connectivity index (χ3n) is 0.960. The normalized spacial score (nSPS) is 10.4. The van der Waals surface area contributed by atoms with Crippen LogP contribution in [0.3, 0.4) is 0 Å². The van der Waals surface area contributed by atoms with Gasteiger partial charge in [-0.05, 0) is 12.1 Å². The maximum Gasteiger partial charge on any atom is 0.280 e. The fourth-order valence-electron chi connectivity index (χ4n) is 0.546. The van der Waals surface area contributed by atoms with Crippen LogP contribution >= 0.6 is 0 Å². The molecule has 54 valence electrons. The van der Waals surface area contributed by atoms with E-state index in [1.807, 2.05) is 0 Å². The Bertz CT molecular complexity index is 224. The molecule has 0 N–H and O–H groups in total. The molecule has 0 saturated carbocycles. The van der Waals surface area contributed by atoms with Gasteiger partial charge in [-0.15, -0.1) is 0 Å². The summed E-state index contributed by atoms with van der Waals surface area (Å²) < 4.78 is 35.5. The van der Waals surface area contributed by atoms with Crippen LogP contribution in [0.15, 0.2) is 18.2 Å². The van der Waals surface area contributed by atoms with E-state index >= 15 is 0 Å². The van der Waals surface area contributed by atoms with Gasteiger partial charge in [0.2, 0.25) is 5.95 Å². The van der Waals surface area contributed by atoms with Crippen molar-refractivity contribution in [3.8, 4) is 0 Å². The molecule has 0 fully saturated rings. The van der Waals surface area contributed by atoms with E-state index in [9.17, 15) is 13.2 Å². The molecule has 0 saturated heterocycles. The topological polar surface area (TPSA) is 12.9 Å². The molecule has 0 bridgehead atoms. The van der Waals surface area contributed by atoms with Crippen molar-refractivity contribution in [2.24, 2.45) is 0 Å². The minimum absolute atomic E-state index is 0.528. The molecule has 1 heterocycles. The predicted molar refractivity (Wildman–Crippen MR) is 29.2 cm³/mol. The molecule has 0 aliphatic carbocycles. The Kier molecular flexibility index (Phi) is 1.89. The molecule has 1 rings (SSSR count). The Balaban J connectivity index is 2.96. The number of alkyl halides is 2. The van der Waals surface area contributed by atoms with Crippen LogP contribution in [-0.4, -0.2) is 4.98 Å². The fourth-order valence-corrected chi connectivity index (χ4v) is 0.546. The highest BCUT2D eigenvalue weighted by Crippen LogP contribution is 2.15. The summed E-state index contributed by atoms with van der Waals surface area (Å²) >= 11 is 0. The average molecular weight is 147 g/mol. The van der Waals surface area contributed by atoms with Crippen molar-refractivity contribution < 1.29 is 13.2 Å². The van der Waals surface area contributed by atoms with Crippen LogP contribution in [0.1, 0.15) is 12.1 Å². The van der Waals surface area contributed by atoms with Crippen LogP contribution in [0, 0.1) is 5.95 Å². The molecular weight excluding hydrogens is 143 g/mol.